The van der Waals surface area contributed by atoms with E-state index in [0.717, 1.165) is 61.4 Å². The number of aromatic nitrogens is 2. The van der Waals surface area contributed by atoms with Crippen molar-refractivity contribution in [1.82, 2.24) is 14.5 Å². The van der Waals surface area contributed by atoms with Gasteiger partial charge in [-0.15, -0.1) is 0 Å². The molecule has 1 saturated heterocycles. The first-order chi connectivity index (χ1) is 13.7. The smallest absolute Gasteiger partial charge is 0.228 e. The van der Waals surface area contributed by atoms with Crippen LogP contribution in [0.2, 0.25) is 0 Å². The molecule has 0 bridgehead atoms. The van der Waals surface area contributed by atoms with E-state index in [1.165, 1.54) is 5.56 Å². The van der Waals surface area contributed by atoms with Gasteiger partial charge in [0, 0.05) is 19.3 Å². The molecule has 5 nitrogen and oxygen atoms in total. The number of anilines is 1. The Morgan fingerprint density at radius 2 is 1.96 bits per heavy atom. The minimum absolute atomic E-state index is 0.0216. The van der Waals surface area contributed by atoms with Gasteiger partial charge >= 0.3 is 0 Å². The van der Waals surface area contributed by atoms with Crippen molar-refractivity contribution in [3.8, 4) is 0 Å². The Kier molecular flexibility index (Phi) is 5.44. The zero-order valence-corrected chi connectivity index (χ0v) is 16.7. The van der Waals surface area contributed by atoms with Crippen molar-refractivity contribution >= 4 is 22.6 Å². The van der Waals surface area contributed by atoms with Crippen molar-refractivity contribution in [2.24, 2.45) is 13.0 Å². The standard InChI is InChI=1S/C23H28N4O/c1-3-17-9-4-5-11-19(17)25-23(28)18-10-8-14-27(15-18)16-22-24-20-12-6-7-13-21(20)26(22)2/h4-7,9,11-13,18H,3,8,10,14-16H2,1-2H3,(H,25,28)/t18-/m1/s1. The molecule has 28 heavy (non-hydrogen) atoms. The van der Waals surface area contributed by atoms with Crippen LogP contribution in [0.4, 0.5) is 5.69 Å². The molecule has 0 saturated carbocycles. The fourth-order valence-corrected chi connectivity index (χ4v) is 4.14. The number of likely N-dealkylation sites (tertiary alicyclic amines) is 1. The van der Waals surface area contributed by atoms with Crippen LogP contribution in [0.25, 0.3) is 11.0 Å². The first kappa shape index (κ1) is 18.7. The van der Waals surface area contributed by atoms with Crippen molar-refractivity contribution in [2.45, 2.75) is 32.7 Å². The van der Waals surface area contributed by atoms with Crippen LogP contribution in [0.3, 0.4) is 0 Å². The zero-order chi connectivity index (χ0) is 19.5. The lowest BCUT2D eigenvalue weighted by Crippen LogP contribution is -2.40. The Bertz CT molecular complexity index is 978. The molecule has 0 spiro atoms. The molecular weight excluding hydrogens is 348 g/mol. The molecule has 1 atom stereocenters. The Labute approximate surface area is 166 Å². The number of para-hydroxylation sites is 3. The molecule has 3 aromatic rings. The first-order valence-electron chi connectivity index (χ1n) is 10.2. The SMILES string of the molecule is CCc1ccccc1NC(=O)[C@@H]1CCCN(Cc2nc3ccccc3n2C)C1. The molecule has 1 fully saturated rings. The Balaban J connectivity index is 1.43. The normalized spacial score (nSPS) is 17.7. The number of fused-ring (bicyclic) bond motifs is 1. The number of hydrogen-bond donors (Lipinski definition) is 1. The van der Waals surface area contributed by atoms with Crippen LogP contribution in [0.15, 0.2) is 48.5 Å². The molecular formula is C23H28N4O. The van der Waals surface area contributed by atoms with Crippen molar-refractivity contribution in [1.29, 1.82) is 0 Å². The number of piperidine rings is 1. The average Bonchev–Trinajstić information content (AvgIpc) is 3.04. The summed E-state index contributed by atoms with van der Waals surface area (Å²) in [6, 6.07) is 16.3. The van der Waals surface area contributed by atoms with Gasteiger partial charge in [0.1, 0.15) is 5.82 Å². The number of nitrogens with zero attached hydrogens (tertiary/aromatic N) is 3. The number of rotatable bonds is 5. The third kappa shape index (κ3) is 3.80. The number of hydrogen-bond acceptors (Lipinski definition) is 3. The van der Waals surface area contributed by atoms with E-state index in [2.05, 4.69) is 47.0 Å². The number of benzene rings is 2. The van der Waals surface area contributed by atoms with Crippen molar-refractivity contribution in [3.05, 3.63) is 59.9 Å². The highest BCUT2D eigenvalue weighted by atomic mass is 16.1. The van der Waals surface area contributed by atoms with E-state index in [9.17, 15) is 4.79 Å². The summed E-state index contributed by atoms with van der Waals surface area (Å²) < 4.78 is 2.16. The van der Waals surface area contributed by atoms with E-state index in [1.807, 2.05) is 30.3 Å². The highest BCUT2D eigenvalue weighted by Gasteiger charge is 2.27. The highest BCUT2D eigenvalue weighted by Crippen LogP contribution is 2.23. The molecule has 0 radical (unpaired) electrons. The lowest BCUT2D eigenvalue weighted by atomic mass is 9.96. The maximum absolute atomic E-state index is 12.9. The van der Waals surface area contributed by atoms with Crippen LogP contribution in [-0.2, 0) is 24.8 Å². The predicted molar refractivity (Wildman–Crippen MR) is 113 cm³/mol. The van der Waals surface area contributed by atoms with Gasteiger partial charge in [0.2, 0.25) is 5.91 Å². The summed E-state index contributed by atoms with van der Waals surface area (Å²) in [5.74, 6) is 1.21. The Morgan fingerprint density at radius 3 is 2.79 bits per heavy atom. The maximum Gasteiger partial charge on any atom is 0.228 e. The highest BCUT2D eigenvalue weighted by molar-refractivity contribution is 5.93. The van der Waals surface area contributed by atoms with E-state index in [4.69, 9.17) is 4.98 Å². The van der Waals surface area contributed by atoms with Gasteiger partial charge in [0.15, 0.2) is 0 Å². The van der Waals surface area contributed by atoms with Gasteiger partial charge in [0.25, 0.3) is 0 Å². The number of carbonyl (C=O) groups excluding carboxylic acids is 1. The molecule has 0 unspecified atom stereocenters. The van der Waals surface area contributed by atoms with Crippen LogP contribution in [0, 0.1) is 5.92 Å². The van der Waals surface area contributed by atoms with Crippen molar-refractivity contribution in [3.63, 3.8) is 0 Å². The Morgan fingerprint density at radius 1 is 1.18 bits per heavy atom. The summed E-state index contributed by atoms with van der Waals surface area (Å²) in [6.07, 6.45) is 2.90. The van der Waals surface area contributed by atoms with E-state index >= 15 is 0 Å². The molecule has 146 valence electrons. The fourth-order valence-electron chi connectivity index (χ4n) is 4.14. The molecule has 1 aromatic heterocycles. The molecule has 1 aliphatic heterocycles. The van der Waals surface area contributed by atoms with Crippen LogP contribution in [-0.4, -0.2) is 33.4 Å². The van der Waals surface area contributed by atoms with E-state index in [0.29, 0.717) is 0 Å². The number of imidazole rings is 1. The van der Waals surface area contributed by atoms with E-state index < -0.39 is 0 Å². The maximum atomic E-state index is 12.9. The van der Waals surface area contributed by atoms with Crippen LogP contribution >= 0.6 is 0 Å². The second-order valence-electron chi connectivity index (χ2n) is 7.65. The topological polar surface area (TPSA) is 50.2 Å². The van der Waals surface area contributed by atoms with Crippen molar-refractivity contribution in [2.75, 3.05) is 18.4 Å². The number of nitrogens with one attached hydrogen (secondary N) is 1. The second-order valence-corrected chi connectivity index (χ2v) is 7.65. The molecule has 1 N–H and O–H groups in total. The summed E-state index contributed by atoms with van der Waals surface area (Å²) in [6.45, 7) is 4.69. The molecule has 1 amide bonds. The lowest BCUT2D eigenvalue weighted by Gasteiger charge is -2.31. The number of amides is 1. The van der Waals surface area contributed by atoms with E-state index in [1.54, 1.807) is 0 Å². The van der Waals surface area contributed by atoms with Gasteiger partial charge in [0.05, 0.1) is 23.5 Å². The predicted octanol–water partition coefficient (Wildman–Crippen LogP) is 3.99. The molecule has 2 aromatic carbocycles. The molecule has 5 heteroatoms. The summed E-state index contributed by atoms with van der Waals surface area (Å²) in [5.41, 5.74) is 4.31. The van der Waals surface area contributed by atoms with Gasteiger partial charge in [-0.05, 0) is 49.6 Å². The Hall–Kier alpha value is -2.66. The van der Waals surface area contributed by atoms with Crippen LogP contribution in [0.1, 0.15) is 31.2 Å². The second kappa shape index (κ2) is 8.15. The minimum atomic E-state index is 0.0216. The molecule has 0 aliphatic carbocycles. The monoisotopic (exact) mass is 376 g/mol. The summed E-state index contributed by atoms with van der Waals surface area (Å²) in [4.78, 5) is 20.0. The third-order valence-corrected chi connectivity index (χ3v) is 5.78. The molecule has 1 aliphatic rings. The fraction of sp³-hybridized carbons (Fsp3) is 0.391. The first-order valence-corrected chi connectivity index (χ1v) is 10.2. The van der Waals surface area contributed by atoms with Gasteiger partial charge in [-0.25, -0.2) is 4.98 Å². The van der Waals surface area contributed by atoms with Gasteiger partial charge in [-0.2, -0.15) is 0 Å². The summed E-state index contributed by atoms with van der Waals surface area (Å²) in [7, 11) is 2.07. The van der Waals surface area contributed by atoms with Crippen LogP contribution in [0.5, 0.6) is 0 Å². The van der Waals surface area contributed by atoms with Crippen LogP contribution < -0.4 is 5.32 Å². The van der Waals surface area contributed by atoms with E-state index in [-0.39, 0.29) is 11.8 Å². The average molecular weight is 377 g/mol. The van der Waals surface area contributed by atoms with Gasteiger partial charge < -0.3 is 9.88 Å². The van der Waals surface area contributed by atoms with Gasteiger partial charge in [-0.1, -0.05) is 37.3 Å². The molecule has 2 heterocycles. The zero-order valence-electron chi connectivity index (χ0n) is 16.7. The molecule has 4 rings (SSSR count). The minimum Gasteiger partial charge on any atom is -0.330 e. The largest absolute Gasteiger partial charge is 0.330 e. The lowest BCUT2D eigenvalue weighted by molar-refractivity contribution is -0.121. The third-order valence-electron chi connectivity index (χ3n) is 5.78. The quantitative estimate of drug-likeness (QED) is 0.733. The summed E-state index contributed by atoms with van der Waals surface area (Å²) in [5, 5.41) is 3.16. The number of aryl methyl sites for hydroxylation is 2. The van der Waals surface area contributed by atoms with Gasteiger partial charge in [-0.3, -0.25) is 9.69 Å². The van der Waals surface area contributed by atoms with Crippen molar-refractivity contribution < 1.29 is 4.79 Å². The number of carbonyl (C=O) groups is 1. The summed E-state index contributed by atoms with van der Waals surface area (Å²) >= 11 is 0.